The Morgan fingerprint density at radius 1 is 1.03 bits per heavy atom. The standard InChI is InChI=1S/C28H33N5O4/c1-2-3-5-12-24(18-33(21-34)37-19-22-10-6-4-7-11-22)27(35)30-20-31-28(36)26-15-8-14-25(32-26)23-13-9-16-29-17-23/h4,6-11,13-17,21,24H,2-3,5,12,18-20H2,1H3,(H,30,35)(H,31,36)/t24-/m1/s1. The number of aromatic nitrogens is 2. The van der Waals surface area contributed by atoms with E-state index in [2.05, 4.69) is 27.5 Å². The van der Waals surface area contributed by atoms with Crippen molar-refractivity contribution in [3.05, 3.63) is 84.3 Å². The number of hydrogen-bond donors (Lipinski definition) is 2. The summed E-state index contributed by atoms with van der Waals surface area (Å²) < 4.78 is 0. The van der Waals surface area contributed by atoms with E-state index in [1.807, 2.05) is 36.4 Å². The van der Waals surface area contributed by atoms with Crippen LogP contribution in [0, 0.1) is 5.92 Å². The summed E-state index contributed by atoms with van der Waals surface area (Å²) in [4.78, 5) is 51.3. The molecule has 2 N–H and O–H groups in total. The zero-order valence-electron chi connectivity index (χ0n) is 21.0. The van der Waals surface area contributed by atoms with Crippen molar-refractivity contribution in [3.8, 4) is 11.3 Å². The first-order chi connectivity index (χ1) is 18.1. The molecule has 2 heterocycles. The molecule has 37 heavy (non-hydrogen) atoms. The van der Waals surface area contributed by atoms with E-state index < -0.39 is 11.8 Å². The van der Waals surface area contributed by atoms with E-state index >= 15 is 0 Å². The SMILES string of the molecule is CCCCC[C@H](CN(C=O)OCc1ccccc1)C(=O)NCNC(=O)c1cccc(-c2cccnc2)n1. The summed E-state index contributed by atoms with van der Waals surface area (Å²) in [6.07, 6.45) is 7.37. The topological polar surface area (TPSA) is 114 Å². The Morgan fingerprint density at radius 2 is 1.86 bits per heavy atom. The first kappa shape index (κ1) is 27.5. The zero-order chi connectivity index (χ0) is 26.3. The maximum atomic E-state index is 12.9. The first-order valence-corrected chi connectivity index (χ1v) is 12.4. The zero-order valence-corrected chi connectivity index (χ0v) is 21.0. The predicted molar refractivity (Wildman–Crippen MR) is 140 cm³/mol. The van der Waals surface area contributed by atoms with Crippen LogP contribution in [-0.2, 0) is 21.0 Å². The largest absolute Gasteiger partial charge is 0.338 e. The van der Waals surface area contributed by atoms with Crippen molar-refractivity contribution in [1.29, 1.82) is 0 Å². The second kappa shape index (κ2) is 15.1. The molecule has 3 aromatic rings. The fourth-order valence-corrected chi connectivity index (χ4v) is 3.70. The summed E-state index contributed by atoms with van der Waals surface area (Å²) in [5.74, 6) is -1.14. The lowest BCUT2D eigenvalue weighted by atomic mass is 10.0. The molecular formula is C28H33N5O4. The number of nitrogens with one attached hydrogen (secondary N) is 2. The van der Waals surface area contributed by atoms with Gasteiger partial charge in [0.1, 0.15) is 12.3 Å². The summed E-state index contributed by atoms with van der Waals surface area (Å²) in [6, 6.07) is 18.3. The van der Waals surface area contributed by atoms with Gasteiger partial charge in [0.2, 0.25) is 12.3 Å². The van der Waals surface area contributed by atoms with E-state index in [1.54, 1.807) is 36.7 Å². The van der Waals surface area contributed by atoms with Crippen molar-refractivity contribution in [2.45, 2.75) is 39.2 Å². The molecule has 0 saturated heterocycles. The predicted octanol–water partition coefficient (Wildman–Crippen LogP) is 3.73. The van der Waals surface area contributed by atoms with Crippen molar-refractivity contribution in [2.24, 2.45) is 5.92 Å². The Hall–Kier alpha value is -4.11. The van der Waals surface area contributed by atoms with Crippen LogP contribution in [0.25, 0.3) is 11.3 Å². The minimum atomic E-state index is -0.476. The fourth-order valence-electron chi connectivity index (χ4n) is 3.70. The number of unbranched alkanes of at least 4 members (excludes halogenated alkanes) is 2. The summed E-state index contributed by atoms with van der Waals surface area (Å²) >= 11 is 0. The molecule has 1 aromatic carbocycles. The quantitative estimate of drug-likeness (QED) is 0.141. The van der Waals surface area contributed by atoms with Gasteiger partial charge in [0.25, 0.3) is 5.91 Å². The molecule has 0 spiro atoms. The molecule has 1 atom stereocenters. The van der Waals surface area contributed by atoms with E-state index in [4.69, 9.17) is 4.84 Å². The van der Waals surface area contributed by atoms with E-state index in [0.717, 1.165) is 35.5 Å². The Labute approximate surface area is 217 Å². The van der Waals surface area contributed by atoms with Crippen molar-refractivity contribution in [2.75, 3.05) is 13.2 Å². The molecule has 194 valence electrons. The number of hydroxylamine groups is 2. The highest BCUT2D eigenvalue weighted by Gasteiger charge is 2.22. The Morgan fingerprint density at radius 3 is 2.59 bits per heavy atom. The van der Waals surface area contributed by atoms with Crippen LogP contribution in [0.4, 0.5) is 0 Å². The van der Waals surface area contributed by atoms with Crippen LogP contribution in [0.5, 0.6) is 0 Å². The van der Waals surface area contributed by atoms with E-state index in [-0.39, 0.29) is 31.4 Å². The molecular weight excluding hydrogens is 470 g/mol. The number of hydrogen-bond acceptors (Lipinski definition) is 6. The molecule has 9 nitrogen and oxygen atoms in total. The number of rotatable bonds is 15. The molecule has 0 aliphatic rings. The summed E-state index contributed by atoms with van der Waals surface area (Å²) in [7, 11) is 0. The number of benzene rings is 1. The molecule has 0 unspecified atom stereocenters. The van der Waals surface area contributed by atoms with Crippen LogP contribution in [0.2, 0.25) is 0 Å². The molecule has 3 rings (SSSR count). The Bertz CT molecular complexity index is 1130. The average Bonchev–Trinajstić information content (AvgIpc) is 2.95. The van der Waals surface area contributed by atoms with Crippen molar-refractivity contribution < 1.29 is 19.2 Å². The van der Waals surface area contributed by atoms with E-state index in [1.165, 1.54) is 0 Å². The third kappa shape index (κ3) is 9.12. The minimum Gasteiger partial charge on any atom is -0.338 e. The van der Waals surface area contributed by atoms with Crippen molar-refractivity contribution in [3.63, 3.8) is 0 Å². The normalized spacial score (nSPS) is 11.4. The third-order valence-electron chi connectivity index (χ3n) is 5.74. The first-order valence-electron chi connectivity index (χ1n) is 12.4. The van der Waals surface area contributed by atoms with Gasteiger partial charge in [-0.3, -0.25) is 24.2 Å². The minimum absolute atomic E-state index is 0.0628. The van der Waals surface area contributed by atoms with E-state index in [0.29, 0.717) is 18.5 Å². The number of nitrogens with zero attached hydrogens (tertiary/aromatic N) is 3. The lowest BCUT2D eigenvalue weighted by Gasteiger charge is -2.23. The van der Waals surface area contributed by atoms with Gasteiger partial charge in [-0.15, -0.1) is 0 Å². The number of pyridine rings is 2. The maximum Gasteiger partial charge on any atom is 0.271 e. The van der Waals surface area contributed by atoms with Crippen LogP contribution >= 0.6 is 0 Å². The van der Waals surface area contributed by atoms with Crippen LogP contribution in [0.15, 0.2) is 73.1 Å². The summed E-state index contributed by atoms with van der Waals surface area (Å²) in [6.45, 7) is 2.37. The van der Waals surface area contributed by atoms with Crippen molar-refractivity contribution >= 4 is 18.2 Å². The van der Waals surface area contributed by atoms with Gasteiger partial charge in [-0.1, -0.05) is 62.6 Å². The number of carbonyl (C=O) groups is 3. The summed E-state index contributed by atoms with van der Waals surface area (Å²) in [5, 5.41) is 6.60. The maximum absolute atomic E-state index is 12.9. The molecule has 0 bridgehead atoms. The van der Waals surface area contributed by atoms with Crippen LogP contribution < -0.4 is 10.6 Å². The van der Waals surface area contributed by atoms with Gasteiger partial charge in [-0.05, 0) is 36.2 Å². The molecule has 3 amide bonds. The van der Waals surface area contributed by atoms with Crippen molar-refractivity contribution in [1.82, 2.24) is 25.7 Å². The Kier molecular flexibility index (Phi) is 11.2. The molecule has 2 aromatic heterocycles. The monoisotopic (exact) mass is 503 g/mol. The highest BCUT2D eigenvalue weighted by molar-refractivity contribution is 5.93. The smallest absolute Gasteiger partial charge is 0.271 e. The van der Waals surface area contributed by atoms with Gasteiger partial charge in [-0.25, -0.2) is 10.0 Å². The lowest BCUT2D eigenvalue weighted by molar-refractivity contribution is -0.182. The average molecular weight is 504 g/mol. The number of amides is 3. The second-order valence-corrected chi connectivity index (χ2v) is 8.53. The van der Waals surface area contributed by atoms with Crippen LogP contribution in [0.3, 0.4) is 0 Å². The summed E-state index contributed by atoms with van der Waals surface area (Å²) in [5.41, 5.74) is 2.58. The van der Waals surface area contributed by atoms with Gasteiger partial charge >= 0.3 is 0 Å². The van der Waals surface area contributed by atoms with Gasteiger partial charge in [0.05, 0.1) is 24.8 Å². The highest BCUT2D eigenvalue weighted by Crippen LogP contribution is 2.16. The molecule has 0 saturated carbocycles. The van der Waals surface area contributed by atoms with Gasteiger partial charge in [-0.2, -0.15) is 0 Å². The van der Waals surface area contributed by atoms with Gasteiger partial charge < -0.3 is 10.6 Å². The molecule has 9 heteroatoms. The van der Waals surface area contributed by atoms with Crippen LogP contribution in [-0.4, -0.2) is 46.5 Å². The van der Waals surface area contributed by atoms with E-state index in [9.17, 15) is 14.4 Å². The molecule has 0 aliphatic carbocycles. The molecule has 0 radical (unpaired) electrons. The fraction of sp³-hybridized carbons (Fsp3) is 0.321. The molecule has 0 aliphatic heterocycles. The molecule has 0 fully saturated rings. The van der Waals surface area contributed by atoms with Gasteiger partial charge in [0, 0.05) is 18.0 Å². The third-order valence-corrected chi connectivity index (χ3v) is 5.74. The van der Waals surface area contributed by atoms with Gasteiger partial charge in [0.15, 0.2) is 0 Å². The highest BCUT2D eigenvalue weighted by atomic mass is 16.7. The number of carbonyl (C=O) groups excluding carboxylic acids is 3. The second-order valence-electron chi connectivity index (χ2n) is 8.53. The lowest BCUT2D eigenvalue weighted by Crippen LogP contribution is -2.43. The Balaban J connectivity index is 1.53. The van der Waals surface area contributed by atoms with Crippen LogP contribution in [0.1, 0.15) is 48.7 Å².